The zero-order valence-electron chi connectivity index (χ0n) is 16.6. The molecule has 0 saturated heterocycles. The molecule has 3 aromatic carbocycles. The monoisotopic (exact) mass is 436 g/mol. The van der Waals surface area contributed by atoms with Crippen molar-refractivity contribution >= 4 is 46.4 Å². The predicted octanol–water partition coefficient (Wildman–Crippen LogP) is 5.28. The van der Waals surface area contributed by atoms with Crippen molar-refractivity contribution in [3.05, 3.63) is 88.5 Å². The molecule has 0 radical (unpaired) electrons. The second kappa shape index (κ2) is 10.3. The summed E-state index contributed by atoms with van der Waals surface area (Å²) in [6.07, 6.45) is 0. The van der Waals surface area contributed by atoms with Gasteiger partial charge in [-0.15, -0.1) is 11.8 Å². The summed E-state index contributed by atoms with van der Waals surface area (Å²) in [6.45, 7) is 1.70. The minimum atomic E-state index is -0.474. The van der Waals surface area contributed by atoms with Crippen molar-refractivity contribution in [2.75, 3.05) is 21.7 Å². The molecule has 3 rings (SSSR count). The van der Waals surface area contributed by atoms with E-state index in [0.717, 1.165) is 4.90 Å². The van der Waals surface area contributed by atoms with Crippen LogP contribution in [0.15, 0.2) is 77.7 Å². The van der Waals surface area contributed by atoms with Gasteiger partial charge in [0.15, 0.2) is 0 Å². The highest BCUT2D eigenvalue weighted by molar-refractivity contribution is 8.00. The lowest BCUT2D eigenvalue weighted by molar-refractivity contribution is -0.384. The number of nitro benzene ring substituents is 1. The minimum absolute atomic E-state index is 0.0176. The van der Waals surface area contributed by atoms with Crippen molar-refractivity contribution < 1.29 is 14.5 Å². The van der Waals surface area contributed by atoms with Gasteiger partial charge in [0.05, 0.1) is 10.7 Å². The average molecular weight is 436 g/mol. The first-order valence-corrected chi connectivity index (χ1v) is 10.3. The van der Waals surface area contributed by atoms with E-state index in [0.29, 0.717) is 22.6 Å². The van der Waals surface area contributed by atoms with E-state index in [1.54, 1.807) is 31.2 Å². The summed E-state index contributed by atoms with van der Waals surface area (Å²) >= 11 is 1.34. The van der Waals surface area contributed by atoms with Gasteiger partial charge in [-0.3, -0.25) is 14.9 Å². The highest BCUT2D eigenvalue weighted by atomic mass is 32.2. The van der Waals surface area contributed by atoms with Gasteiger partial charge in [-0.2, -0.15) is 0 Å². The van der Waals surface area contributed by atoms with Crippen molar-refractivity contribution in [3.8, 4) is 0 Å². The molecule has 3 N–H and O–H groups in total. The van der Waals surface area contributed by atoms with Gasteiger partial charge in [0, 0.05) is 34.1 Å². The summed E-state index contributed by atoms with van der Waals surface area (Å²) in [4.78, 5) is 35.4. The molecule has 0 atom stereocenters. The Balaban J connectivity index is 1.48. The summed E-state index contributed by atoms with van der Waals surface area (Å²) < 4.78 is 0. The predicted molar refractivity (Wildman–Crippen MR) is 123 cm³/mol. The van der Waals surface area contributed by atoms with E-state index in [1.807, 2.05) is 30.3 Å². The molecule has 0 aromatic heterocycles. The Hall–Kier alpha value is -3.85. The Morgan fingerprint density at radius 1 is 0.903 bits per heavy atom. The lowest BCUT2D eigenvalue weighted by atomic mass is 10.2. The van der Waals surface area contributed by atoms with E-state index in [2.05, 4.69) is 16.0 Å². The van der Waals surface area contributed by atoms with Gasteiger partial charge in [0.2, 0.25) is 5.91 Å². The number of hydrogen-bond acceptors (Lipinski definition) is 5. The summed E-state index contributed by atoms with van der Waals surface area (Å²) in [5.41, 5.74) is 2.47. The van der Waals surface area contributed by atoms with Crippen LogP contribution in [0.4, 0.5) is 27.5 Å². The Labute approximate surface area is 183 Å². The number of nitro groups is 1. The van der Waals surface area contributed by atoms with Crippen molar-refractivity contribution in [2.45, 2.75) is 11.8 Å². The number of rotatable bonds is 7. The molecule has 8 nitrogen and oxygen atoms in total. The van der Waals surface area contributed by atoms with Gasteiger partial charge in [-0.05, 0) is 55.0 Å². The number of urea groups is 1. The molecule has 31 heavy (non-hydrogen) atoms. The molecular weight excluding hydrogens is 416 g/mol. The molecule has 3 aromatic rings. The Bertz CT molecular complexity index is 1090. The maximum absolute atomic E-state index is 12.2. The standard InChI is InChI=1S/C22H20N4O4S/c1-15-13-18(26(29)30)9-12-20(15)25-21(27)14-31-19-10-7-17(8-11-19)24-22(28)23-16-5-3-2-4-6-16/h2-13H,14H2,1H3,(H,25,27)(H2,23,24,28). The number of aryl methyl sites for hydroxylation is 1. The summed E-state index contributed by atoms with van der Waals surface area (Å²) in [6, 6.07) is 20.2. The third-order valence-corrected chi connectivity index (χ3v) is 5.22. The first-order valence-electron chi connectivity index (χ1n) is 9.31. The number of benzene rings is 3. The van der Waals surface area contributed by atoms with Crippen molar-refractivity contribution in [2.24, 2.45) is 0 Å². The third kappa shape index (κ3) is 6.58. The van der Waals surface area contributed by atoms with Gasteiger partial charge in [-0.25, -0.2) is 4.79 Å². The number of carbonyl (C=O) groups excluding carboxylic acids is 2. The largest absolute Gasteiger partial charge is 0.325 e. The topological polar surface area (TPSA) is 113 Å². The minimum Gasteiger partial charge on any atom is -0.325 e. The van der Waals surface area contributed by atoms with E-state index < -0.39 is 4.92 Å². The number of amides is 3. The maximum Gasteiger partial charge on any atom is 0.323 e. The normalized spacial score (nSPS) is 10.2. The van der Waals surface area contributed by atoms with Crippen molar-refractivity contribution in [3.63, 3.8) is 0 Å². The van der Waals surface area contributed by atoms with Crippen LogP contribution >= 0.6 is 11.8 Å². The molecule has 0 aliphatic rings. The molecule has 0 bridgehead atoms. The fraction of sp³-hybridized carbons (Fsp3) is 0.0909. The SMILES string of the molecule is Cc1cc([N+](=O)[O-])ccc1NC(=O)CSc1ccc(NC(=O)Nc2ccccc2)cc1. The maximum atomic E-state index is 12.2. The van der Waals surface area contributed by atoms with E-state index in [1.165, 1.54) is 30.0 Å². The van der Waals surface area contributed by atoms with Gasteiger partial charge in [0.25, 0.3) is 5.69 Å². The summed E-state index contributed by atoms with van der Waals surface area (Å²) in [5.74, 6) is -0.0380. The number of nitrogens with one attached hydrogen (secondary N) is 3. The number of anilines is 3. The number of nitrogens with zero attached hydrogens (tertiary/aromatic N) is 1. The van der Waals surface area contributed by atoms with Gasteiger partial charge in [-0.1, -0.05) is 18.2 Å². The van der Waals surface area contributed by atoms with Crippen molar-refractivity contribution in [1.29, 1.82) is 0 Å². The quantitative estimate of drug-likeness (QED) is 0.265. The molecule has 0 spiro atoms. The highest BCUT2D eigenvalue weighted by Crippen LogP contribution is 2.23. The highest BCUT2D eigenvalue weighted by Gasteiger charge is 2.11. The lowest BCUT2D eigenvalue weighted by Crippen LogP contribution is -2.19. The first kappa shape index (κ1) is 21.8. The first-order chi connectivity index (χ1) is 14.9. The molecule has 0 aliphatic heterocycles. The molecule has 0 aliphatic carbocycles. The number of thioether (sulfide) groups is 1. The Morgan fingerprint density at radius 2 is 1.55 bits per heavy atom. The molecule has 0 saturated carbocycles. The number of para-hydroxylation sites is 1. The molecule has 0 unspecified atom stereocenters. The fourth-order valence-electron chi connectivity index (χ4n) is 2.69. The molecule has 0 fully saturated rings. The summed E-state index contributed by atoms with van der Waals surface area (Å²) in [7, 11) is 0. The van der Waals surface area contributed by atoms with Gasteiger partial charge < -0.3 is 16.0 Å². The number of hydrogen-bond donors (Lipinski definition) is 3. The van der Waals surface area contributed by atoms with Crippen LogP contribution < -0.4 is 16.0 Å². The van der Waals surface area contributed by atoms with E-state index >= 15 is 0 Å². The van der Waals surface area contributed by atoms with E-state index in [9.17, 15) is 19.7 Å². The van der Waals surface area contributed by atoms with Crippen LogP contribution in [0, 0.1) is 17.0 Å². The van der Waals surface area contributed by atoms with Crippen molar-refractivity contribution in [1.82, 2.24) is 0 Å². The molecule has 9 heteroatoms. The smallest absolute Gasteiger partial charge is 0.323 e. The second-order valence-corrected chi connectivity index (χ2v) is 7.61. The zero-order chi connectivity index (χ0) is 22.2. The Morgan fingerprint density at radius 3 is 2.16 bits per heavy atom. The van der Waals surface area contributed by atoms with Gasteiger partial charge in [0.1, 0.15) is 0 Å². The zero-order valence-corrected chi connectivity index (χ0v) is 17.4. The van der Waals surface area contributed by atoms with Gasteiger partial charge >= 0.3 is 6.03 Å². The number of non-ortho nitro benzene ring substituents is 1. The van der Waals surface area contributed by atoms with Crippen LogP contribution in [-0.2, 0) is 4.79 Å². The lowest BCUT2D eigenvalue weighted by Gasteiger charge is -2.09. The van der Waals surface area contributed by atoms with E-state index in [4.69, 9.17) is 0 Å². The van der Waals surface area contributed by atoms with Crippen LogP contribution in [0.5, 0.6) is 0 Å². The second-order valence-electron chi connectivity index (χ2n) is 6.56. The summed E-state index contributed by atoms with van der Waals surface area (Å²) in [5, 5.41) is 19.0. The third-order valence-electron chi connectivity index (χ3n) is 4.21. The molecule has 158 valence electrons. The average Bonchev–Trinajstić information content (AvgIpc) is 2.75. The van der Waals surface area contributed by atoms with E-state index in [-0.39, 0.29) is 23.4 Å². The molecule has 3 amide bonds. The Kier molecular flexibility index (Phi) is 7.23. The van der Waals surface area contributed by atoms with Crippen LogP contribution in [0.3, 0.4) is 0 Å². The fourth-order valence-corrected chi connectivity index (χ4v) is 3.38. The van der Waals surface area contributed by atoms with Crippen LogP contribution in [-0.4, -0.2) is 22.6 Å². The molecular formula is C22H20N4O4S. The molecule has 0 heterocycles. The van der Waals surface area contributed by atoms with Crippen LogP contribution in [0.2, 0.25) is 0 Å². The number of carbonyl (C=O) groups is 2. The van der Waals surface area contributed by atoms with Crippen LogP contribution in [0.25, 0.3) is 0 Å². The van der Waals surface area contributed by atoms with Crippen LogP contribution in [0.1, 0.15) is 5.56 Å².